The van der Waals surface area contributed by atoms with Crippen LogP contribution in [0.1, 0.15) is 32.6 Å². The second-order valence-electron chi connectivity index (χ2n) is 5.08. The van der Waals surface area contributed by atoms with E-state index >= 15 is 0 Å². The first-order valence-corrected chi connectivity index (χ1v) is 8.20. The fraction of sp³-hybridized carbons (Fsp3) is 0.909. The number of piperidine rings is 1. The Morgan fingerprint density at radius 3 is 2.79 bits per heavy atom. The van der Waals surface area contributed by atoms with Crippen molar-refractivity contribution in [3.8, 4) is 0 Å². The topological polar surface area (TPSA) is 119 Å². The Hall–Kier alpha value is -0.700. The van der Waals surface area contributed by atoms with Crippen molar-refractivity contribution in [2.75, 3.05) is 19.6 Å². The lowest BCUT2D eigenvalue weighted by molar-refractivity contribution is -0.134. The number of hydrogen-bond acceptors (Lipinski definition) is 4. The summed E-state index contributed by atoms with van der Waals surface area (Å²) in [5.41, 5.74) is 5.82. The van der Waals surface area contributed by atoms with Gasteiger partial charge >= 0.3 is 0 Å². The fourth-order valence-corrected chi connectivity index (χ4v) is 2.80. The fourth-order valence-electron chi connectivity index (χ4n) is 2.33. The summed E-state index contributed by atoms with van der Waals surface area (Å²) in [6, 6.07) is -0.449. The Balaban J connectivity index is 2.47. The van der Waals surface area contributed by atoms with Crippen molar-refractivity contribution >= 4 is 16.1 Å². The summed E-state index contributed by atoms with van der Waals surface area (Å²) < 4.78 is 24.0. The molecular weight excluding hydrogens is 268 g/mol. The lowest BCUT2D eigenvalue weighted by Crippen LogP contribution is -2.49. The molecule has 0 bridgehead atoms. The van der Waals surface area contributed by atoms with Crippen LogP contribution in [0.2, 0.25) is 0 Å². The minimum atomic E-state index is -3.66. The number of likely N-dealkylation sites (tertiary alicyclic amines) is 1. The van der Waals surface area contributed by atoms with E-state index in [9.17, 15) is 13.2 Å². The molecule has 1 aliphatic heterocycles. The van der Waals surface area contributed by atoms with Crippen molar-refractivity contribution in [1.82, 2.24) is 9.62 Å². The molecule has 1 rings (SSSR count). The molecule has 7 nitrogen and oxygen atoms in total. The normalized spacial score (nSPS) is 22.3. The van der Waals surface area contributed by atoms with Crippen molar-refractivity contribution in [1.29, 1.82) is 0 Å². The monoisotopic (exact) mass is 292 g/mol. The number of carbonyl (C=O) groups is 1. The van der Waals surface area contributed by atoms with Crippen molar-refractivity contribution < 1.29 is 13.2 Å². The van der Waals surface area contributed by atoms with Crippen LogP contribution in [0.25, 0.3) is 0 Å². The Morgan fingerprint density at radius 1 is 1.53 bits per heavy atom. The molecule has 1 fully saturated rings. The number of nitrogens with one attached hydrogen (secondary N) is 1. The van der Waals surface area contributed by atoms with E-state index in [1.807, 2.05) is 6.92 Å². The molecule has 0 aliphatic carbocycles. The van der Waals surface area contributed by atoms with Crippen LogP contribution in [0.15, 0.2) is 0 Å². The summed E-state index contributed by atoms with van der Waals surface area (Å²) in [7, 11) is -3.66. The molecule has 0 radical (unpaired) electrons. The zero-order chi connectivity index (χ0) is 14.5. The molecule has 19 heavy (non-hydrogen) atoms. The molecule has 1 saturated heterocycles. The highest BCUT2D eigenvalue weighted by Crippen LogP contribution is 2.17. The second-order valence-corrected chi connectivity index (χ2v) is 6.46. The molecule has 1 aliphatic rings. The number of rotatable bonds is 6. The van der Waals surface area contributed by atoms with Gasteiger partial charge in [0.05, 0.1) is 6.04 Å². The Bertz CT molecular complexity index is 399. The maximum Gasteiger partial charge on any atom is 0.274 e. The predicted octanol–water partition coefficient (Wildman–Crippen LogP) is -0.854. The van der Waals surface area contributed by atoms with E-state index in [1.165, 1.54) is 0 Å². The average molecular weight is 292 g/mol. The van der Waals surface area contributed by atoms with Crippen LogP contribution in [0.3, 0.4) is 0 Å². The molecule has 0 aromatic heterocycles. The van der Waals surface area contributed by atoms with Gasteiger partial charge in [-0.1, -0.05) is 13.3 Å². The SMILES string of the molecule is CCCC(N)C(=O)N1CCCC(CNS(N)(=O)=O)C1. The van der Waals surface area contributed by atoms with Gasteiger partial charge in [-0.2, -0.15) is 8.42 Å². The third-order valence-electron chi connectivity index (χ3n) is 3.32. The van der Waals surface area contributed by atoms with Crippen LogP contribution in [-0.4, -0.2) is 44.9 Å². The Morgan fingerprint density at radius 2 is 2.21 bits per heavy atom. The first-order valence-electron chi connectivity index (χ1n) is 6.65. The van der Waals surface area contributed by atoms with Crippen molar-refractivity contribution in [3.63, 3.8) is 0 Å². The average Bonchev–Trinajstić information content (AvgIpc) is 2.35. The van der Waals surface area contributed by atoms with Gasteiger partial charge in [0.1, 0.15) is 0 Å². The smallest absolute Gasteiger partial charge is 0.274 e. The maximum absolute atomic E-state index is 12.1. The number of nitrogens with two attached hydrogens (primary N) is 2. The largest absolute Gasteiger partial charge is 0.341 e. The molecule has 1 heterocycles. The maximum atomic E-state index is 12.1. The molecule has 2 unspecified atom stereocenters. The Labute approximate surface area is 114 Å². The van der Waals surface area contributed by atoms with Crippen LogP contribution in [0, 0.1) is 5.92 Å². The van der Waals surface area contributed by atoms with Gasteiger partial charge in [0.15, 0.2) is 0 Å². The summed E-state index contributed by atoms with van der Waals surface area (Å²) in [5, 5.41) is 4.90. The van der Waals surface area contributed by atoms with Gasteiger partial charge in [0.25, 0.3) is 10.2 Å². The molecule has 0 spiro atoms. The molecule has 1 amide bonds. The van der Waals surface area contributed by atoms with Gasteiger partial charge < -0.3 is 10.6 Å². The highest BCUT2D eigenvalue weighted by Gasteiger charge is 2.27. The van der Waals surface area contributed by atoms with E-state index < -0.39 is 16.3 Å². The minimum Gasteiger partial charge on any atom is -0.341 e. The van der Waals surface area contributed by atoms with Gasteiger partial charge in [-0.05, 0) is 25.2 Å². The summed E-state index contributed by atoms with van der Waals surface area (Å²) in [6.07, 6.45) is 3.30. The van der Waals surface area contributed by atoms with Gasteiger partial charge in [0.2, 0.25) is 5.91 Å². The molecule has 0 aromatic carbocycles. The highest BCUT2D eigenvalue weighted by atomic mass is 32.2. The van der Waals surface area contributed by atoms with E-state index in [4.69, 9.17) is 10.9 Å². The lowest BCUT2D eigenvalue weighted by atomic mass is 9.97. The van der Waals surface area contributed by atoms with Crippen LogP contribution >= 0.6 is 0 Å². The van der Waals surface area contributed by atoms with E-state index in [0.717, 1.165) is 19.3 Å². The van der Waals surface area contributed by atoms with Crippen molar-refractivity contribution in [2.45, 2.75) is 38.6 Å². The molecule has 112 valence electrons. The third kappa shape index (κ3) is 5.85. The van der Waals surface area contributed by atoms with E-state index in [1.54, 1.807) is 4.90 Å². The first-order chi connectivity index (χ1) is 8.83. The second kappa shape index (κ2) is 7.18. The molecule has 2 atom stereocenters. The molecule has 8 heteroatoms. The predicted molar refractivity (Wildman–Crippen MR) is 73.3 cm³/mol. The molecule has 0 aromatic rings. The molecular formula is C11H24N4O3S. The van der Waals surface area contributed by atoms with E-state index in [0.29, 0.717) is 19.5 Å². The van der Waals surface area contributed by atoms with Gasteiger partial charge in [0, 0.05) is 19.6 Å². The summed E-state index contributed by atoms with van der Waals surface area (Å²) in [5.74, 6) is 0.0620. The number of carbonyl (C=O) groups excluding carboxylic acids is 1. The molecule has 5 N–H and O–H groups in total. The third-order valence-corrected chi connectivity index (χ3v) is 3.89. The summed E-state index contributed by atoms with van der Waals surface area (Å²) >= 11 is 0. The van der Waals surface area contributed by atoms with Gasteiger partial charge in [-0.3, -0.25) is 4.79 Å². The standard InChI is InChI=1S/C11H24N4O3S/c1-2-4-10(12)11(16)15-6-3-5-9(8-15)7-14-19(13,17)18/h9-10,14H,2-8,12H2,1H3,(H2,13,17,18). The zero-order valence-electron chi connectivity index (χ0n) is 11.3. The number of amides is 1. The summed E-state index contributed by atoms with van der Waals surface area (Å²) in [6.45, 7) is 3.49. The van der Waals surface area contributed by atoms with Gasteiger partial charge in [-0.25, -0.2) is 9.86 Å². The molecule has 0 saturated carbocycles. The zero-order valence-corrected chi connectivity index (χ0v) is 12.2. The number of nitrogens with zero attached hydrogens (tertiary/aromatic N) is 1. The van der Waals surface area contributed by atoms with Crippen molar-refractivity contribution in [3.05, 3.63) is 0 Å². The van der Waals surface area contributed by atoms with E-state index in [-0.39, 0.29) is 18.4 Å². The van der Waals surface area contributed by atoms with Crippen molar-refractivity contribution in [2.24, 2.45) is 16.8 Å². The quantitative estimate of drug-likeness (QED) is 0.590. The van der Waals surface area contributed by atoms with E-state index in [2.05, 4.69) is 4.72 Å². The Kier molecular flexibility index (Phi) is 6.18. The van der Waals surface area contributed by atoms with Crippen LogP contribution in [0.5, 0.6) is 0 Å². The number of hydrogen-bond donors (Lipinski definition) is 3. The minimum absolute atomic E-state index is 0.0397. The lowest BCUT2D eigenvalue weighted by Gasteiger charge is -2.34. The van der Waals surface area contributed by atoms with Gasteiger partial charge in [-0.15, -0.1) is 0 Å². The van der Waals surface area contributed by atoms with Crippen LogP contribution < -0.4 is 15.6 Å². The van der Waals surface area contributed by atoms with Crippen LogP contribution in [-0.2, 0) is 15.0 Å². The highest BCUT2D eigenvalue weighted by molar-refractivity contribution is 7.87. The first kappa shape index (κ1) is 16.4. The van der Waals surface area contributed by atoms with Crippen LogP contribution in [0.4, 0.5) is 0 Å². The summed E-state index contributed by atoms with van der Waals surface area (Å²) in [4.78, 5) is 13.8.